The molecule has 0 amide bonds. The quantitative estimate of drug-likeness (QED) is 0.632. The van der Waals surface area contributed by atoms with Gasteiger partial charge in [0.05, 0.1) is 11.9 Å². The summed E-state index contributed by atoms with van der Waals surface area (Å²) in [5.41, 5.74) is 2.06. The Hall–Kier alpha value is -1.84. The van der Waals surface area contributed by atoms with Crippen molar-refractivity contribution in [2.24, 2.45) is 0 Å². The van der Waals surface area contributed by atoms with Gasteiger partial charge in [-0.05, 0) is 19.1 Å². The highest BCUT2D eigenvalue weighted by Crippen LogP contribution is 2.36. The summed E-state index contributed by atoms with van der Waals surface area (Å²) in [5.74, 6) is 0.898. The fraction of sp³-hybridized carbons (Fsp3) is 0.200. The van der Waals surface area contributed by atoms with Crippen molar-refractivity contribution in [2.75, 3.05) is 0 Å². The summed E-state index contributed by atoms with van der Waals surface area (Å²) in [7, 11) is 0. The van der Waals surface area contributed by atoms with Crippen LogP contribution in [-0.2, 0) is 0 Å². The van der Waals surface area contributed by atoms with Crippen molar-refractivity contribution in [1.29, 1.82) is 0 Å². The highest BCUT2D eigenvalue weighted by Gasteiger charge is 2.22. The van der Waals surface area contributed by atoms with Gasteiger partial charge in [0.1, 0.15) is 5.75 Å². The zero-order valence-electron chi connectivity index (χ0n) is 7.71. The molecule has 0 bridgehead atoms. The van der Waals surface area contributed by atoms with Crippen molar-refractivity contribution < 1.29 is 4.74 Å². The van der Waals surface area contributed by atoms with Gasteiger partial charge in [0.2, 0.25) is 0 Å². The first-order valence-corrected chi connectivity index (χ1v) is 4.52. The molecule has 1 aliphatic heterocycles. The van der Waals surface area contributed by atoms with Crippen LogP contribution in [0.5, 0.6) is 5.75 Å². The van der Waals surface area contributed by atoms with E-state index in [0.717, 1.165) is 17.0 Å². The Labute approximate surface area is 81.1 Å². The van der Waals surface area contributed by atoms with Gasteiger partial charge >= 0.3 is 0 Å². The molecule has 2 heterocycles. The summed E-state index contributed by atoms with van der Waals surface area (Å²) in [6.07, 6.45) is 1.68. The van der Waals surface area contributed by atoms with Crippen LogP contribution in [0.4, 0.5) is 0 Å². The van der Waals surface area contributed by atoms with E-state index in [4.69, 9.17) is 4.74 Å². The van der Waals surface area contributed by atoms with Crippen LogP contribution in [-0.4, -0.2) is 15.0 Å². The maximum Gasteiger partial charge on any atom is 0.191 e. The number of benzene rings is 1. The number of hydrogen-bond acceptors (Lipinski definition) is 3. The second-order valence-electron chi connectivity index (χ2n) is 3.28. The Morgan fingerprint density at radius 3 is 3.14 bits per heavy atom. The lowest BCUT2D eigenvalue weighted by molar-refractivity contribution is 0.130. The maximum absolute atomic E-state index is 5.68. The average molecular weight is 187 g/mol. The molecule has 4 nitrogen and oxygen atoms in total. The standard InChI is InChI=1S/C10H9N3O/c1-7-13-9(6-11-12-13)8-4-2-3-5-10(8)14-7/h2-7H,1H3. The first-order chi connectivity index (χ1) is 6.86. The van der Waals surface area contributed by atoms with E-state index < -0.39 is 0 Å². The number of rotatable bonds is 0. The molecule has 0 aliphatic carbocycles. The molecule has 1 aromatic carbocycles. The second-order valence-corrected chi connectivity index (χ2v) is 3.28. The van der Waals surface area contributed by atoms with E-state index in [1.54, 1.807) is 10.9 Å². The summed E-state index contributed by atoms with van der Waals surface area (Å²) in [6, 6.07) is 7.92. The molecule has 3 rings (SSSR count). The number of para-hydroxylation sites is 1. The Morgan fingerprint density at radius 2 is 2.21 bits per heavy atom. The number of nitrogens with zero attached hydrogens (tertiary/aromatic N) is 3. The topological polar surface area (TPSA) is 39.9 Å². The number of hydrogen-bond donors (Lipinski definition) is 0. The van der Waals surface area contributed by atoms with Gasteiger partial charge in [-0.2, -0.15) is 0 Å². The minimum absolute atomic E-state index is 0.0811. The monoisotopic (exact) mass is 187 g/mol. The fourth-order valence-corrected chi connectivity index (χ4v) is 1.72. The first kappa shape index (κ1) is 7.55. The van der Waals surface area contributed by atoms with Crippen LogP contribution in [0, 0.1) is 0 Å². The van der Waals surface area contributed by atoms with Gasteiger partial charge in [-0.3, -0.25) is 0 Å². The summed E-state index contributed by atoms with van der Waals surface area (Å²) in [6.45, 7) is 1.95. The van der Waals surface area contributed by atoms with Crippen molar-refractivity contribution in [3.63, 3.8) is 0 Å². The molecule has 70 valence electrons. The molecule has 0 spiro atoms. The van der Waals surface area contributed by atoms with Gasteiger partial charge in [0, 0.05) is 5.56 Å². The van der Waals surface area contributed by atoms with E-state index >= 15 is 0 Å². The van der Waals surface area contributed by atoms with E-state index in [0.29, 0.717) is 0 Å². The fourth-order valence-electron chi connectivity index (χ4n) is 1.72. The third-order valence-corrected chi connectivity index (χ3v) is 2.38. The predicted octanol–water partition coefficient (Wildman–Crippen LogP) is 1.86. The van der Waals surface area contributed by atoms with Crippen molar-refractivity contribution in [3.05, 3.63) is 30.5 Å². The van der Waals surface area contributed by atoms with Gasteiger partial charge in [-0.15, -0.1) is 5.10 Å². The molecule has 0 saturated carbocycles. The van der Waals surface area contributed by atoms with Crippen molar-refractivity contribution in [1.82, 2.24) is 15.0 Å². The Kier molecular flexibility index (Phi) is 1.39. The van der Waals surface area contributed by atoms with E-state index in [1.165, 1.54) is 0 Å². The normalized spacial score (nSPS) is 18.2. The molecular weight excluding hydrogens is 178 g/mol. The van der Waals surface area contributed by atoms with Crippen molar-refractivity contribution >= 4 is 0 Å². The maximum atomic E-state index is 5.68. The summed E-state index contributed by atoms with van der Waals surface area (Å²) < 4.78 is 7.46. The summed E-state index contributed by atoms with van der Waals surface area (Å²) >= 11 is 0. The third kappa shape index (κ3) is 0.878. The minimum Gasteiger partial charge on any atom is -0.468 e. The first-order valence-electron chi connectivity index (χ1n) is 4.52. The van der Waals surface area contributed by atoms with Crippen LogP contribution < -0.4 is 4.74 Å². The number of fused-ring (bicyclic) bond motifs is 3. The molecule has 2 aromatic rings. The minimum atomic E-state index is -0.0811. The Bertz CT molecular complexity index is 478. The van der Waals surface area contributed by atoms with E-state index in [-0.39, 0.29) is 6.23 Å². The highest BCUT2D eigenvalue weighted by atomic mass is 16.5. The molecule has 1 atom stereocenters. The van der Waals surface area contributed by atoms with Crippen LogP contribution in [0.15, 0.2) is 30.5 Å². The highest BCUT2D eigenvalue weighted by molar-refractivity contribution is 5.67. The summed E-state index contributed by atoms with van der Waals surface area (Å²) in [4.78, 5) is 0. The molecule has 1 aliphatic rings. The SMILES string of the molecule is CC1Oc2ccccc2-c2cnnn21. The van der Waals surface area contributed by atoms with Crippen LogP contribution >= 0.6 is 0 Å². The molecule has 0 saturated heterocycles. The molecule has 1 aromatic heterocycles. The van der Waals surface area contributed by atoms with Crippen LogP contribution in [0.3, 0.4) is 0 Å². The molecule has 0 fully saturated rings. The lowest BCUT2D eigenvalue weighted by atomic mass is 10.1. The average Bonchev–Trinajstić information content (AvgIpc) is 2.67. The van der Waals surface area contributed by atoms with Crippen molar-refractivity contribution in [2.45, 2.75) is 13.2 Å². The van der Waals surface area contributed by atoms with Crippen LogP contribution in [0.25, 0.3) is 11.3 Å². The molecular formula is C10H9N3O. The van der Waals surface area contributed by atoms with Gasteiger partial charge in [0.25, 0.3) is 0 Å². The van der Waals surface area contributed by atoms with E-state index in [2.05, 4.69) is 10.3 Å². The van der Waals surface area contributed by atoms with Crippen molar-refractivity contribution in [3.8, 4) is 17.0 Å². The zero-order chi connectivity index (χ0) is 9.54. The largest absolute Gasteiger partial charge is 0.468 e. The third-order valence-electron chi connectivity index (χ3n) is 2.38. The Morgan fingerprint density at radius 1 is 1.36 bits per heavy atom. The number of ether oxygens (including phenoxy) is 1. The van der Waals surface area contributed by atoms with E-state index in [1.807, 2.05) is 31.2 Å². The van der Waals surface area contributed by atoms with Gasteiger partial charge in [0.15, 0.2) is 6.23 Å². The zero-order valence-corrected chi connectivity index (χ0v) is 7.71. The molecule has 0 N–H and O–H groups in total. The second kappa shape index (κ2) is 2.57. The van der Waals surface area contributed by atoms with Gasteiger partial charge < -0.3 is 4.74 Å². The molecule has 1 unspecified atom stereocenters. The summed E-state index contributed by atoms with van der Waals surface area (Å²) in [5, 5.41) is 7.86. The molecule has 14 heavy (non-hydrogen) atoms. The van der Waals surface area contributed by atoms with Crippen LogP contribution in [0.2, 0.25) is 0 Å². The molecule has 0 radical (unpaired) electrons. The van der Waals surface area contributed by atoms with Gasteiger partial charge in [-0.1, -0.05) is 17.3 Å². The lowest BCUT2D eigenvalue weighted by Gasteiger charge is -2.23. The smallest absolute Gasteiger partial charge is 0.191 e. The van der Waals surface area contributed by atoms with Crippen LogP contribution in [0.1, 0.15) is 13.2 Å². The predicted molar refractivity (Wildman–Crippen MR) is 50.8 cm³/mol. The molecule has 4 heteroatoms. The lowest BCUT2D eigenvalue weighted by Crippen LogP contribution is -2.19. The van der Waals surface area contributed by atoms with Gasteiger partial charge in [-0.25, -0.2) is 4.68 Å². The van der Waals surface area contributed by atoms with E-state index in [9.17, 15) is 0 Å². The Balaban J connectivity index is 2.29. The number of aromatic nitrogens is 3.